The standard InChI is InChI=1S/C11H12F3N3O.C4H3NO3/c12-8-2-1-6(15)3-7(8)11(10(13)14)5-18-4-9(16)17-11;6-4(7)3-1-8-2-5-3/h1-3,10H,4-5,15H2,(H2,16,17);1-2H,(H,6,7)/t11-;/m0./s1. The molecule has 3 rings (SSSR count). The molecule has 0 spiro atoms. The van der Waals surface area contributed by atoms with Gasteiger partial charge in [-0.2, -0.15) is 0 Å². The highest BCUT2D eigenvalue weighted by atomic mass is 19.3. The lowest BCUT2D eigenvalue weighted by molar-refractivity contribution is -0.0145. The number of carbonyl (C=O) groups is 1. The topological polar surface area (TPSA) is 137 Å². The molecule has 1 aromatic heterocycles. The number of aromatic carboxylic acids is 1. The second-order valence-corrected chi connectivity index (χ2v) is 5.24. The van der Waals surface area contributed by atoms with Gasteiger partial charge >= 0.3 is 5.97 Å². The molecule has 0 amide bonds. The highest BCUT2D eigenvalue weighted by molar-refractivity contribution is 5.84. The number of nitrogens with zero attached hydrogens (tertiary/aromatic N) is 2. The van der Waals surface area contributed by atoms with Crippen molar-refractivity contribution >= 4 is 17.5 Å². The lowest BCUT2D eigenvalue weighted by atomic mass is 9.90. The Bertz CT molecular complexity index is 798. The third-order valence-electron chi connectivity index (χ3n) is 3.38. The van der Waals surface area contributed by atoms with E-state index in [1.54, 1.807) is 0 Å². The first kappa shape index (κ1) is 19.2. The summed E-state index contributed by atoms with van der Waals surface area (Å²) in [4.78, 5) is 17.0. The van der Waals surface area contributed by atoms with Gasteiger partial charge in [-0.25, -0.2) is 22.9 Å². The molecule has 26 heavy (non-hydrogen) atoms. The number of rotatable bonds is 3. The average Bonchev–Trinajstić information content (AvgIpc) is 3.12. The minimum Gasteiger partial charge on any atom is -0.476 e. The van der Waals surface area contributed by atoms with Crippen LogP contribution in [0.2, 0.25) is 0 Å². The highest BCUT2D eigenvalue weighted by Crippen LogP contribution is 2.37. The highest BCUT2D eigenvalue weighted by Gasteiger charge is 2.46. The molecule has 0 saturated heterocycles. The predicted molar refractivity (Wildman–Crippen MR) is 84.4 cm³/mol. The number of halogens is 3. The number of alkyl halides is 2. The number of hydrogen-bond donors (Lipinski definition) is 3. The molecule has 0 saturated carbocycles. The molecule has 0 radical (unpaired) electrons. The summed E-state index contributed by atoms with van der Waals surface area (Å²) in [6.45, 7) is -0.482. The summed E-state index contributed by atoms with van der Waals surface area (Å²) in [6, 6.07) is 3.44. The molecule has 1 atom stereocenters. The zero-order chi connectivity index (χ0) is 19.3. The molecule has 2 heterocycles. The Labute approximate surface area is 145 Å². The first-order valence-electron chi connectivity index (χ1n) is 7.13. The Kier molecular flexibility index (Phi) is 5.82. The van der Waals surface area contributed by atoms with E-state index in [2.05, 4.69) is 14.4 Å². The number of nitrogen functional groups attached to an aromatic ring is 1. The summed E-state index contributed by atoms with van der Waals surface area (Å²) in [7, 11) is 0. The quantitative estimate of drug-likeness (QED) is 0.696. The van der Waals surface area contributed by atoms with Crippen LogP contribution in [0.5, 0.6) is 0 Å². The van der Waals surface area contributed by atoms with Gasteiger partial charge in [0.1, 0.15) is 24.5 Å². The second kappa shape index (κ2) is 7.87. The van der Waals surface area contributed by atoms with Gasteiger partial charge in [0, 0.05) is 11.3 Å². The number of nitrogens with two attached hydrogens (primary N) is 2. The maximum absolute atomic E-state index is 13.7. The van der Waals surface area contributed by atoms with E-state index >= 15 is 0 Å². The molecule has 8 nitrogen and oxygen atoms in total. The molecular weight excluding hydrogens is 357 g/mol. The largest absolute Gasteiger partial charge is 0.476 e. The molecule has 0 aliphatic carbocycles. The summed E-state index contributed by atoms with van der Waals surface area (Å²) in [5, 5.41) is 8.15. The van der Waals surface area contributed by atoms with Gasteiger partial charge in [-0.15, -0.1) is 0 Å². The van der Waals surface area contributed by atoms with E-state index in [-0.39, 0.29) is 29.4 Å². The van der Waals surface area contributed by atoms with Crippen LogP contribution in [0.3, 0.4) is 0 Å². The maximum Gasteiger partial charge on any atom is 0.357 e. The smallest absolute Gasteiger partial charge is 0.357 e. The first-order chi connectivity index (χ1) is 12.3. The minimum absolute atomic E-state index is 0.0432. The van der Waals surface area contributed by atoms with Gasteiger partial charge in [0.15, 0.2) is 17.6 Å². The number of carboxylic acids is 1. The number of aliphatic imine (C=N–C) groups is 1. The number of hydrogen-bond acceptors (Lipinski definition) is 7. The van der Waals surface area contributed by atoms with E-state index in [0.717, 1.165) is 24.8 Å². The van der Waals surface area contributed by atoms with E-state index in [4.69, 9.17) is 21.3 Å². The van der Waals surface area contributed by atoms with Gasteiger partial charge in [0.05, 0.1) is 6.61 Å². The zero-order valence-electron chi connectivity index (χ0n) is 13.2. The summed E-state index contributed by atoms with van der Waals surface area (Å²) < 4.78 is 49.7. The molecule has 140 valence electrons. The summed E-state index contributed by atoms with van der Waals surface area (Å²) in [5.41, 5.74) is 8.59. The molecule has 0 unspecified atom stereocenters. The molecule has 0 bridgehead atoms. The van der Waals surface area contributed by atoms with Crippen LogP contribution >= 0.6 is 0 Å². The van der Waals surface area contributed by atoms with Crippen molar-refractivity contribution in [3.05, 3.63) is 47.9 Å². The van der Waals surface area contributed by atoms with Crippen molar-refractivity contribution in [2.45, 2.75) is 12.0 Å². The summed E-state index contributed by atoms with van der Waals surface area (Å²) >= 11 is 0. The fourth-order valence-electron chi connectivity index (χ4n) is 2.19. The van der Waals surface area contributed by atoms with Gasteiger partial charge in [-0.05, 0) is 18.2 Å². The van der Waals surface area contributed by atoms with Gasteiger partial charge in [-0.3, -0.25) is 4.99 Å². The van der Waals surface area contributed by atoms with E-state index in [0.29, 0.717) is 0 Å². The van der Waals surface area contributed by atoms with E-state index in [9.17, 15) is 18.0 Å². The van der Waals surface area contributed by atoms with E-state index in [1.807, 2.05) is 0 Å². The monoisotopic (exact) mass is 372 g/mol. The van der Waals surface area contributed by atoms with Crippen LogP contribution in [0.1, 0.15) is 16.1 Å². The minimum atomic E-state index is -2.95. The third-order valence-corrected chi connectivity index (χ3v) is 3.38. The number of ether oxygens (including phenoxy) is 1. The normalized spacial score (nSPS) is 19.5. The van der Waals surface area contributed by atoms with Crippen LogP contribution < -0.4 is 11.5 Å². The van der Waals surface area contributed by atoms with Gasteiger partial charge in [0.2, 0.25) is 0 Å². The van der Waals surface area contributed by atoms with Crippen LogP contribution in [-0.2, 0) is 10.3 Å². The number of oxazole rings is 1. The van der Waals surface area contributed by atoms with Crippen LogP contribution in [-0.4, -0.2) is 41.5 Å². The summed E-state index contributed by atoms with van der Waals surface area (Å²) in [6.07, 6.45) is -0.807. The SMILES string of the molecule is NC1=N[C@@](c2cc(N)ccc2F)(C(F)F)COC1.O=C(O)c1cocn1. The molecule has 1 aliphatic heterocycles. The van der Waals surface area contributed by atoms with Gasteiger partial charge in [-0.1, -0.05) is 0 Å². The van der Waals surface area contributed by atoms with Crippen molar-refractivity contribution in [1.82, 2.24) is 4.98 Å². The fraction of sp³-hybridized carbons (Fsp3) is 0.267. The predicted octanol–water partition coefficient (Wildman–Crippen LogP) is 1.63. The summed E-state index contributed by atoms with van der Waals surface area (Å²) in [5.74, 6) is -1.98. The lowest BCUT2D eigenvalue weighted by Crippen LogP contribution is -2.45. The third kappa shape index (κ3) is 4.11. The molecule has 5 N–H and O–H groups in total. The van der Waals surface area contributed by atoms with Gasteiger partial charge in [0.25, 0.3) is 6.43 Å². The van der Waals surface area contributed by atoms with E-state index < -0.39 is 30.4 Å². The van der Waals surface area contributed by atoms with Crippen molar-refractivity contribution in [2.75, 3.05) is 18.9 Å². The molecule has 11 heteroatoms. The molecule has 1 aliphatic rings. The maximum atomic E-state index is 13.7. The Morgan fingerprint density at radius 3 is 2.58 bits per heavy atom. The number of benzene rings is 1. The Morgan fingerprint density at radius 2 is 2.08 bits per heavy atom. The molecule has 0 fully saturated rings. The lowest BCUT2D eigenvalue weighted by Gasteiger charge is -2.33. The Balaban J connectivity index is 0.000000254. The van der Waals surface area contributed by atoms with Crippen molar-refractivity contribution in [2.24, 2.45) is 10.7 Å². The molecule has 1 aromatic carbocycles. The van der Waals surface area contributed by atoms with Crippen LogP contribution in [0, 0.1) is 5.82 Å². The zero-order valence-corrected chi connectivity index (χ0v) is 13.2. The number of amidine groups is 1. The molecule has 2 aromatic rings. The Hall–Kier alpha value is -3.08. The van der Waals surface area contributed by atoms with Gasteiger partial charge < -0.3 is 25.7 Å². The van der Waals surface area contributed by atoms with Crippen molar-refractivity contribution in [1.29, 1.82) is 0 Å². The van der Waals surface area contributed by atoms with Crippen molar-refractivity contribution in [3.8, 4) is 0 Å². The fourth-order valence-corrected chi connectivity index (χ4v) is 2.19. The Morgan fingerprint density at radius 1 is 1.35 bits per heavy atom. The number of carboxylic acid groups (broad SMARTS) is 1. The first-order valence-corrected chi connectivity index (χ1v) is 7.13. The number of anilines is 1. The average molecular weight is 372 g/mol. The van der Waals surface area contributed by atoms with Crippen LogP contribution in [0.15, 0.2) is 40.3 Å². The van der Waals surface area contributed by atoms with Crippen molar-refractivity contribution < 1.29 is 32.2 Å². The molecular formula is C15H15F3N4O4. The van der Waals surface area contributed by atoms with Crippen LogP contribution in [0.25, 0.3) is 0 Å². The second-order valence-electron chi connectivity index (χ2n) is 5.24. The number of aromatic nitrogens is 1. The van der Waals surface area contributed by atoms with Crippen molar-refractivity contribution in [3.63, 3.8) is 0 Å². The van der Waals surface area contributed by atoms with Crippen LogP contribution in [0.4, 0.5) is 18.9 Å². The van der Waals surface area contributed by atoms with E-state index in [1.165, 1.54) is 6.07 Å².